The van der Waals surface area contributed by atoms with Crippen molar-refractivity contribution >= 4 is 6.09 Å². The Hall–Kier alpha value is -4.51. The Labute approximate surface area is 282 Å². The predicted octanol–water partition coefficient (Wildman–Crippen LogP) is 7.76. The Bertz CT molecular complexity index is 1540. The molecule has 2 heterocycles. The zero-order valence-corrected chi connectivity index (χ0v) is 27.7. The van der Waals surface area contributed by atoms with Gasteiger partial charge in [0.2, 0.25) is 0 Å². The lowest BCUT2D eigenvalue weighted by Crippen LogP contribution is -2.45. The number of likely N-dealkylation sites (tertiary alicyclic amines) is 1. The van der Waals surface area contributed by atoms with Crippen LogP contribution in [0.3, 0.4) is 0 Å². The van der Waals surface area contributed by atoms with E-state index in [2.05, 4.69) is 0 Å². The Balaban J connectivity index is 1.18. The first-order chi connectivity index (χ1) is 23.6. The number of carboxylic acid groups (broad SMARTS) is 1. The summed E-state index contributed by atoms with van der Waals surface area (Å²) in [5, 5.41) is 10.1. The van der Waals surface area contributed by atoms with Crippen LogP contribution >= 0.6 is 0 Å². The average Bonchev–Trinajstić information content (AvgIpc) is 3.66. The third-order valence-electron chi connectivity index (χ3n) is 8.24. The van der Waals surface area contributed by atoms with Crippen molar-refractivity contribution in [3.63, 3.8) is 0 Å². The summed E-state index contributed by atoms with van der Waals surface area (Å²) in [5.41, 5.74) is 3.66. The number of furan rings is 1. The van der Waals surface area contributed by atoms with Crippen LogP contribution < -0.4 is 14.2 Å². The first-order valence-corrected chi connectivity index (χ1v) is 16.4. The van der Waals surface area contributed by atoms with Crippen molar-refractivity contribution in [3.8, 4) is 28.6 Å². The molecule has 0 aliphatic carbocycles. The monoisotopic (exact) mass is 659 g/mol. The van der Waals surface area contributed by atoms with Crippen molar-refractivity contribution in [2.75, 3.05) is 47.2 Å². The standard InChI is InChI=1S/C38H45NO9/c1-42-20-7-24-47-36-25-28(13-18-32(36)34-12-6-22-46-34)26-48-35-11-5-19-39(38(40)41)37(35)29-14-16-31(17-15-29)45-23-8-21-44-27-30-9-3-4-10-33(30)43-2/h3-4,6,9-10,12-18,22,25,35,37H,5,7-8,11,19-21,23-24,26-27H2,1-2H3,(H,40,41). The number of hydrogen-bond acceptors (Lipinski definition) is 8. The van der Waals surface area contributed by atoms with Gasteiger partial charge in [-0.25, -0.2) is 4.79 Å². The fraction of sp³-hybridized carbons (Fsp3) is 0.395. The molecule has 3 aromatic carbocycles. The second kappa shape index (κ2) is 18.1. The molecular formula is C38H45NO9. The summed E-state index contributed by atoms with van der Waals surface area (Å²) in [6.07, 6.45) is 3.30. The lowest BCUT2D eigenvalue weighted by molar-refractivity contribution is -0.0452. The molecule has 2 atom stereocenters. The van der Waals surface area contributed by atoms with E-state index in [-0.39, 0.29) is 6.10 Å². The van der Waals surface area contributed by atoms with E-state index in [0.29, 0.717) is 57.7 Å². The van der Waals surface area contributed by atoms with E-state index >= 15 is 0 Å². The van der Waals surface area contributed by atoms with Gasteiger partial charge < -0.3 is 37.9 Å². The topological polar surface area (TPSA) is 109 Å². The number of amides is 1. The molecule has 1 aliphatic rings. The molecule has 1 aliphatic heterocycles. The van der Waals surface area contributed by atoms with Crippen molar-refractivity contribution in [1.29, 1.82) is 0 Å². The fourth-order valence-electron chi connectivity index (χ4n) is 5.86. The van der Waals surface area contributed by atoms with E-state index in [1.165, 1.54) is 4.90 Å². The van der Waals surface area contributed by atoms with Gasteiger partial charge >= 0.3 is 6.09 Å². The lowest BCUT2D eigenvalue weighted by Gasteiger charge is -2.40. The normalized spacial score (nSPS) is 16.1. The molecule has 1 N–H and O–H groups in total. The van der Waals surface area contributed by atoms with Crippen LogP contribution in [0.4, 0.5) is 4.79 Å². The molecule has 256 valence electrons. The third-order valence-corrected chi connectivity index (χ3v) is 8.24. The fourth-order valence-corrected chi connectivity index (χ4v) is 5.86. The molecule has 1 aromatic heterocycles. The zero-order valence-electron chi connectivity index (χ0n) is 27.7. The maximum Gasteiger partial charge on any atom is 0.407 e. The Morgan fingerprint density at radius 2 is 1.69 bits per heavy atom. The highest BCUT2D eigenvalue weighted by Crippen LogP contribution is 2.36. The summed E-state index contributed by atoms with van der Waals surface area (Å²) >= 11 is 0. The number of para-hydroxylation sites is 1. The Morgan fingerprint density at radius 1 is 0.875 bits per heavy atom. The molecular weight excluding hydrogens is 614 g/mol. The molecule has 0 bridgehead atoms. The largest absolute Gasteiger partial charge is 0.496 e. The number of nitrogens with zero attached hydrogens (tertiary/aromatic N) is 1. The molecule has 0 spiro atoms. The van der Waals surface area contributed by atoms with Gasteiger partial charge in [-0.3, -0.25) is 4.90 Å². The molecule has 5 rings (SSSR count). The molecule has 1 amide bonds. The van der Waals surface area contributed by atoms with Gasteiger partial charge in [0, 0.05) is 38.7 Å². The SMILES string of the molecule is COCCCOc1cc(COC2CCCN(C(=O)O)C2c2ccc(OCCCOCc3ccccc3OC)cc2)ccc1-c1ccco1. The summed E-state index contributed by atoms with van der Waals surface area (Å²) < 4.78 is 40.5. The van der Waals surface area contributed by atoms with E-state index < -0.39 is 12.1 Å². The van der Waals surface area contributed by atoms with Crippen molar-refractivity contribution < 1.29 is 42.7 Å². The predicted molar refractivity (Wildman–Crippen MR) is 181 cm³/mol. The number of methoxy groups -OCH3 is 2. The van der Waals surface area contributed by atoms with Crippen LogP contribution in [-0.2, 0) is 27.4 Å². The minimum Gasteiger partial charge on any atom is -0.496 e. The smallest absolute Gasteiger partial charge is 0.407 e. The van der Waals surface area contributed by atoms with Crippen molar-refractivity contribution in [3.05, 3.63) is 102 Å². The van der Waals surface area contributed by atoms with Crippen LogP contribution in [0.25, 0.3) is 11.3 Å². The van der Waals surface area contributed by atoms with Crippen molar-refractivity contribution in [2.24, 2.45) is 0 Å². The van der Waals surface area contributed by atoms with Gasteiger partial charge in [0.15, 0.2) is 0 Å². The molecule has 1 saturated heterocycles. The number of hydrogen-bond donors (Lipinski definition) is 1. The van der Waals surface area contributed by atoms with Crippen LogP contribution in [0.1, 0.15) is 48.4 Å². The van der Waals surface area contributed by atoms with E-state index in [1.807, 2.05) is 78.9 Å². The summed E-state index contributed by atoms with van der Waals surface area (Å²) in [6, 6.07) is 24.7. The van der Waals surface area contributed by atoms with Crippen molar-refractivity contribution in [1.82, 2.24) is 4.90 Å². The second-order valence-corrected chi connectivity index (χ2v) is 11.6. The number of carbonyl (C=O) groups is 1. The summed E-state index contributed by atoms with van der Waals surface area (Å²) in [6.45, 7) is 3.39. The van der Waals surface area contributed by atoms with Gasteiger partial charge in [0.05, 0.1) is 64.1 Å². The molecule has 10 heteroatoms. The Morgan fingerprint density at radius 3 is 2.46 bits per heavy atom. The van der Waals surface area contributed by atoms with Crippen LogP contribution in [0, 0.1) is 0 Å². The highest BCUT2D eigenvalue weighted by Gasteiger charge is 2.36. The maximum atomic E-state index is 12.3. The van der Waals surface area contributed by atoms with Gasteiger partial charge in [-0.15, -0.1) is 0 Å². The lowest BCUT2D eigenvalue weighted by atomic mass is 9.92. The summed E-state index contributed by atoms with van der Waals surface area (Å²) in [4.78, 5) is 13.8. The van der Waals surface area contributed by atoms with Crippen LogP contribution in [-0.4, -0.2) is 69.4 Å². The molecule has 10 nitrogen and oxygen atoms in total. The van der Waals surface area contributed by atoms with Crippen LogP contribution in [0.5, 0.6) is 17.2 Å². The quantitative estimate of drug-likeness (QED) is 0.107. The van der Waals surface area contributed by atoms with E-state index in [0.717, 1.165) is 59.4 Å². The minimum atomic E-state index is -0.962. The molecule has 0 saturated carbocycles. The van der Waals surface area contributed by atoms with Crippen molar-refractivity contribution in [2.45, 2.75) is 51.0 Å². The summed E-state index contributed by atoms with van der Waals surface area (Å²) in [7, 11) is 3.32. The van der Waals surface area contributed by atoms with Gasteiger partial charge in [0.1, 0.15) is 23.0 Å². The highest BCUT2D eigenvalue weighted by atomic mass is 16.5. The molecule has 4 aromatic rings. The zero-order chi connectivity index (χ0) is 33.6. The number of ether oxygens (including phenoxy) is 6. The first kappa shape index (κ1) is 34.8. The number of rotatable bonds is 18. The minimum absolute atomic E-state index is 0.307. The second-order valence-electron chi connectivity index (χ2n) is 11.6. The van der Waals surface area contributed by atoms with E-state index in [9.17, 15) is 9.90 Å². The van der Waals surface area contributed by atoms with Gasteiger partial charge in [-0.1, -0.05) is 36.4 Å². The molecule has 2 unspecified atom stereocenters. The highest BCUT2D eigenvalue weighted by molar-refractivity contribution is 5.67. The van der Waals surface area contributed by atoms with Crippen LogP contribution in [0.15, 0.2) is 89.5 Å². The molecule has 1 fully saturated rings. The first-order valence-electron chi connectivity index (χ1n) is 16.4. The molecule has 0 radical (unpaired) electrons. The average molecular weight is 660 g/mol. The van der Waals surface area contributed by atoms with Gasteiger partial charge in [-0.2, -0.15) is 0 Å². The van der Waals surface area contributed by atoms with Crippen LogP contribution in [0.2, 0.25) is 0 Å². The van der Waals surface area contributed by atoms with E-state index in [4.69, 9.17) is 32.8 Å². The summed E-state index contributed by atoms with van der Waals surface area (Å²) in [5.74, 6) is 2.95. The van der Waals surface area contributed by atoms with Gasteiger partial charge in [-0.05, 0) is 66.4 Å². The number of benzene rings is 3. The third kappa shape index (κ3) is 9.53. The van der Waals surface area contributed by atoms with E-state index in [1.54, 1.807) is 20.5 Å². The number of piperidine rings is 1. The maximum absolute atomic E-state index is 12.3. The van der Waals surface area contributed by atoms with Gasteiger partial charge in [0.25, 0.3) is 0 Å². The molecule has 48 heavy (non-hydrogen) atoms. The Kier molecular flexibility index (Phi) is 13.2.